The highest BCUT2D eigenvalue weighted by Crippen LogP contribution is 2.27. The summed E-state index contributed by atoms with van der Waals surface area (Å²) in [5.74, 6) is 1.01. The van der Waals surface area contributed by atoms with E-state index in [1.54, 1.807) is 0 Å². The molecule has 2 heteroatoms. The second-order valence-corrected chi connectivity index (χ2v) is 7.18. The Morgan fingerprint density at radius 1 is 0.875 bits per heavy atom. The lowest BCUT2D eigenvalue weighted by molar-refractivity contribution is 0.208. The Bertz CT molecular complexity index is 661. The van der Waals surface area contributed by atoms with Crippen LogP contribution in [0.2, 0.25) is 0 Å². The fraction of sp³-hybridized carbons (Fsp3) is 0.455. The minimum absolute atomic E-state index is 0.647. The lowest BCUT2D eigenvalue weighted by atomic mass is 10.0. The molecule has 2 aromatic carbocycles. The molecule has 0 saturated heterocycles. The van der Waals surface area contributed by atoms with Crippen LogP contribution in [0, 0.1) is 0 Å². The lowest BCUT2D eigenvalue weighted by Gasteiger charge is -2.26. The highest BCUT2D eigenvalue weighted by atomic mass is 16.5. The van der Waals surface area contributed by atoms with Gasteiger partial charge in [-0.2, -0.15) is 0 Å². The van der Waals surface area contributed by atoms with Gasteiger partial charge in [-0.25, -0.2) is 0 Å². The van der Waals surface area contributed by atoms with Crippen LogP contribution >= 0.6 is 0 Å². The van der Waals surface area contributed by atoms with Crippen molar-refractivity contribution in [3.05, 3.63) is 65.2 Å². The topological polar surface area (TPSA) is 12.5 Å². The van der Waals surface area contributed by atoms with Crippen molar-refractivity contribution in [3.8, 4) is 5.75 Å². The molecular formula is C22H27NO. The van der Waals surface area contributed by atoms with Crippen molar-refractivity contribution in [2.24, 2.45) is 0 Å². The Hall–Kier alpha value is -1.80. The molecule has 1 heterocycles. The smallest absolute Gasteiger partial charge is 0.120 e. The first-order chi connectivity index (χ1) is 11.9. The van der Waals surface area contributed by atoms with Crippen molar-refractivity contribution in [2.75, 3.05) is 13.1 Å². The minimum Gasteiger partial charge on any atom is -0.489 e. The fourth-order valence-corrected chi connectivity index (χ4v) is 4.18. The molecule has 126 valence electrons. The number of rotatable bonds is 4. The Morgan fingerprint density at radius 3 is 2.42 bits per heavy atom. The second kappa shape index (κ2) is 7.40. The molecule has 1 aliphatic carbocycles. The molecule has 0 unspecified atom stereocenters. The summed E-state index contributed by atoms with van der Waals surface area (Å²) in [5, 5.41) is 0. The zero-order valence-corrected chi connectivity index (χ0v) is 14.4. The molecule has 2 aliphatic rings. The summed E-state index contributed by atoms with van der Waals surface area (Å²) in [7, 11) is 0. The van der Waals surface area contributed by atoms with Gasteiger partial charge in [-0.05, 0) is 54.5 Å². The molecule has 0 aromatic heterocycles. The quantitative estimate of drug-likeness (QED) is 0.815. The maximum absolute atomic E-state index is 6.01. The second-order valence-electron chi connectivity index (χ2n) is 7.18. The van der Waals surface area contributed by atoms with Crippen LogP contribution in [-0.2, 0) is 19.4 Å². The molecule has 1 saturated carbocycles. The van der Waals surface area contributed by atoms with Crippen LogP contribution in [0.3, 0.4) is 0 Å². The lowest BCUT2D eigenvalue weighted by Crippen LogP contribution is -2.35. The van der Waals surface area contributed by atoms with Gasteiger partial charge in [-0.15, -0.1) is 0 Å². The molecule has 4 rings (SSSR count). The predicted octanol–water partition coefficient (Wildman–Crippen LogP) is 4.61. The number of hydrogen-bond donors (Lipinski definition) is 0. The number of hydrogen-bond acceptors (Lipinski definition) is 2. The van der Waals surface area contributed by atoms with Crippen LogP contribution in [0.25, 0.3) is 0 Å². The van der Waals surface area contributed by atoms with Crippen molar-refractivity contribution < 1.29 is 4.74 Å². The molecule has 0 radical (unpaired) electrons. The standard InChI is InChI=1S/C22H27NO/c1-2-6-18(7-3-1)17-24-22-11-10-19-12-14-23(15-13-20(19)16-22)21-8-4-5-9-21/h1-3,6-7,10-11,16,21H,4-5,8-9,12-15,17H2. The van der Waals surface area contributed by atoms with Gasteiger partial charge in [-0.3, -0.25) is 4.90 Å². The van der Waals surface area contributed by atoms with Gasteiger partial charge in [0.1, 0.15) is 12.4 Å². The number of ether oxygens (including phenoxy) is 1. The molecule has 0 spiro atoms. The summed E-state index contributed by atoms with van der Waals surface area (Å²) in [6.45, 7) is 3.08. The van der Waals surface area contributed by atoms with Crippen LogP contribution in [0.1, 0.15) is 42.4 Å². The monoisotopic (exact) mass is 321 g/mol. The summed E-state index contributed by atoms with van der Waals surface area (Å²) in [6.07, 6.45) is 8.00. The summed E-state index contributed by atoms with van der Waals surface area (Å²) < 4.78 is 6.01. The SMILES string of the molecule is c1ccc(COc2ccc3c(c2)CCN(C2CCCC2)CC3)cc1. The number of fused-ring (bicyclic) bond motifs is 1. The molecule has 2 nitrogen and oxygen atoms in total. The van der Waals surface area contributed by atoms with E-state index in [9.17, 15) is 0 Å². The van der Waals surface area contributed by atoms with Gasteiger partial charge in [0, 0.05) is 19.1 Å². The van der Waals surface area contributed by atoms with Crippen molar-refractivity contribution in [3.63, 3.8) is 0 Å². The predicted molar refractivity (Wildman–Crippen MR) is 98.5 cm³/mol. The third kappa shape index (κ3) is 3.64. The average molecular weight is 321 g/mol. The number of benzene rings is 2. The highest BCUT2D eigenvalue weighted by Gasteiger charge is 2.24. The molecule has 2 aromatic rings. The average Bonchev–Trinajstić information content (AvgIpc) is 3.08. The van der Waals surface area contributed by atoms with E-state index in [4.69, 9.17) is 4.74 Å². The van der Waals surface area contributed by atoms with Gasteiger partial charge in [0.05, 0.1) is 0 Å². The van der Waals surface area contributed by atoms with Gasteiger partial charge >= 0.3 is 0 Å². The van der Waals surface area contributed by atoms with Crippen molar-refractivity contribution in [2.45, 2.75) is 51.2 Å². The third-order valence-corrected chi connectivity index (χ3v) is 5.60. The summed E-state index contributed by atoms with van der Waals surface area (Å²) in [4.78, 5) is 2.73. The molecular weight excluding hydrogens is 294 g/mol. The van der Waals surface area contributed by atoms with E-state index in [0.717, 1.165) is 18.2 Å². The summed E-state index contributed by atoms with van der Waals surface area (Å²) in [6, 6.07) is 17.9. The molecule has 1 aliphatic heterocycles. The van der Waals surface area contributed by atoms with Gasteiger partial charge in [0.2, 0.25) is 0 Å². The van der Waals surface area contributed by atoms with Gasteiger partial charge in [-0.1, -0.05) is 49.2 Å². The highest BCUT2D eigenvalue weighted by molar-refractivity contribution is 5.37. The molecule has 0 amide bonds. The fourth-order valence-electron chi connectivity index (χ4n) is 4.18. The first-order valence-corrected chi connectivity index (χ1v) is 9.41. The van der Waals surface area contributed by atoms with Gasteiger partial charge in [0.15, 0.2) is 0 Å². The van der Waals surface area contributed by atoms with Crippen LogP contribution in [-0.4, -0.2) is 24.0 Å². The summed E-state index contributed by atoms with van der Waals surface area (Å²) >= 11 is 0. The van der Waals surface area contributed by atoms with Crippen LogP contribution < -0.4 is 4.74 Å². The van der Waals surface area contributed by atoms with E-state index in [1.165, 1.54) is 61.9 Å². The van der Waals surface area contributed by atoms with E-state index in [2.05, 4.69) is 47.4 Å². The third-order valence-electron chi connectivity index (χ3n) is 5.60. The van der Waals surface area contributed by atoms with Crippen LogP contribution in [0.5, 0.6) is 5.75 Å². The van der Waals surface area contributed by atoms with E-state index < -0.39 is 0 Å². The maximum Gasteiger partial charge on any atom is 0.120 e. The zero-order chi connectivity index (χ0) is 16.2. The molecule has 0 bridgehead atoms. The Labute approximate surface area is 145 Å². The Kier molecular flexibility index (Phi) is 4.84. The molecule has 0 N–H and O–H groups in total. The van der Waals surface area contributed by atoms with Crippen LogP contribution in [0.4, 0.5) is 0 Å². The first kappa shape index (κ1) is 15.7. The number of nitrogens with zero attached hydrogens (tertiary/aromatic N) is 1. The van der Waals surface area contributed by atoms with E-state index in [1.807, 2.05) is 6.07 Å². The molecule has 1 fully saturated rings. The maximum atomic E-state index is 6.01. The Balaban J connectivity index is 1.40. The minimum atomic E-state index is 0.647. The largest absolute Gasteiger partial charge is 0.489 e. The molecule has 0 atom stereocenters. The van der Waals surface area contributed by atoms with E-state index in [0.29, 0.717) is 6.61 Å². The van der Waals surface area contributed by atoms with E-state index >= 15 is 0 Å². The van der Waals surface area contributed by atoms with Crippen LogP contribution in [0.15, 0.2) is 48.5 Å². The Morgan fingerprint density at radius 2 is 1.62 bits per heavy atom. The van der Waals surface area contributed by atoms with Crippen molar-refractivity contribution in [1.29, 1.82) is 0 Å². The summed E-state index contributed by atoms with van der Waals surface area (Å²) in [5.41, 5.74) is 4.23. The van der Waals surface area contributed by atoms with Crippen molar-refractivity contribution >= 4 is 0 Å². The van der Waals surface area contributed by atoms with Gasteiger partial charge in [0.25, 0.3) is 0 Å². The van der Waals surface area contributed by atoms with Crippen molar-refractivity contribution in [1.82, 2.24) is 4.90 Å². The first-order valence-electron chi connectivity index (χ1n) is 9.41. The molecule has 24 heavy (non-hydrogen) atoms. The van der Waals surface area contributed by atoms with Gasteiger partial charge < -0.3 is 4.74 Å². The zero-order valence-electron chi connectivity index (χ0n) is 14.4. The van der Waals surface area contributed by atoms with E-state index in [-0.39, 0.29) is 0 Å². The normalized spacial score (nSPS) is 19.0.